The van der Waals surface area contributed by atoms with Crippen LogP contribution in [0.4, 0.5) is 0 Å². The van der Waals surface area contributed by atoms with Crippen LogP contribution in [0, 0.1) is 0 Å². The second-order valence-corrected chi connectivity index (χ2v) is 4.03. The molecule has 1 nitrogen and oxygen atoms in total. The van der Waals surface area contributed by atoms with Crippen LogP contribution in [0.1, 0.15) is 43.2 Å². The molecule has 0 radical (unpaired) electrons. The fraction of sp³-hybridized carbons (Fsp3) is 0.462. The normalized spacial score (nSPS) is 18.5. The molecule has 0 bridgehead atoms. The molecule has 2 rings (SSSR count). The van der Waals surface area contributed by atoms with Crippen molar-refractivity contribution >= 4 is 5.78 Å². The monoisotopic (exact) mass is 188 g/mol. The van der Waals surface area contributed by atoms with Crippen LogP contribution in [0.15, 0.2) is 24.3 Å². The largest absolute Gasteiger partial charge is 0.299 e. The Kier molecular flexibility index (Phi) is 2.67. The zero-order valence-corrected chi connectivity index (χ0v) is 8.62. The number of unbranched alkanes of at least 4 members (excludes halogenated alkanes) is 1. The molecular weight excluding hydrogens is 172 g/mol. The summed E-state index contributed by atoms with van der Waals surface area (Å²) in [5, 5.41) is 0. The van der Waals surface area contributed by atoms with Gasteiger partial charge in [0, 0.05) is 12.3 Å². The first kappa shape index (κ1) is 9.45. The Balaban J connectivity index is 2.01. The molecule has 1 atom stereocenters. The van der Waals surface area contributed by atoms with Crippen molar-refractivity contribution < 1.29 is 4.79 Å². The van der Waals surface area contributed by atoms with E-state index in [2.05, 4.69) is 19.1 Å². The van der Waals surface area contributed by atoms with Gasteiger partial charge in [-0.25, -0.2) is 0 Å². The minimum Gasteiger partial charge on any atom is -0.299 e. The van der Waals surface area contributed by atoms with Crippen molar-refractivity contribution in [3.63, 3.8) is 0 Å². The van der Waals surface area contributed by atoms with Gasteiger partial charge in [0.05, 0.1) is 0 Å². The van der Waals surface area contributed by atoms with Crippen LogP contribution < -0.4 is 0 Å². The third-order valence-corrected chi connectivity index (χ3v) is 3.02. The third-order valence-electron chi connectivity index (χ3n) is 3.02. The topological polar surface area (TPSA) is 17.1 Å². The lowest BCUT2D eigenvalue weighted by Crippen LogP contribution is -2.24. The number of Topliss-reactive ketones (excluding diaryl/α,β-unsaturated/α-hetero) is 1. The van der Waals surface area contributed by atoms with E-state index in [9.17, 15) is 4.79 Å². The summed E-state index contributed by atoms with van der Waals surface area (Å²) in [6.45, 7) is 2.13. The summed E-state index contributed by atoms with van der Waals surface area (Å²) in [7, 11) is 0. The fourth-order valence-electron chi connectivity index (χ4n) is 2.07. The van der Waals surface area contributed by atoms with Crippen molar-refractivity contribution in [3.8, 4) is 0 Å². The van der Waals surface area contributed by atoms with E-state index >= 15 is 0 Å². The van der Waals surface area contributed by atoms with Gasteiger partial charge < -0.3 is 0 Å². The number of carbonyl (C=O) groups is 1. The number of rotatable bonds is 4. The lowest BCUT2D eigenvalue weighted by Gasteiger charge is -2.28. The minimum absolute atomic E-state index is 0.220. The third kappa shape index (κ3) is 1.59. The fourth-order valence-corrected chi connectivity index (χ4v) is 2.07. The first-order valence-electron chi connectivity index (χ1n) is 5.43. The number of ketones is 1. The van der Waals surface area contributed by atoms with E-state index in [1.807, 2.05) is 12.1 Å². The summed E-state index contributed by atoms with van der Waals surface area (Å²) in [5.41, 5.74) is 2.64. The molecule has 0 aliphatic heterocycles. The number of benzene rings is 1. The molecule has 0 amide bonds. The predicted molar refractivity (Wildman–Crippen MR) is 57.4 cm³/mol. The van der Waals surface area contributed by atoms with Gasteiger partial charge in [0.1, 0.15) is 5.78 Å². The summed E-state index contributed by atoms with van der Waals surface area (Å²) in [6.07, 6.45) is 3.88. The van der Waals surface area contributed by atoms with Crippen LogP contribution in [-0.4, -0.2) is 5.78 Å². The minimum atomic E-state index is 0.220. The molecule has 0 saturated carbocycles. The second-order valence-electron chi connectivity index (χ2n) is 4.03. The van der Waals surface area contributed by atoms with Crippen molar-refractivity contribution in [1.29, 1.82) is 0 Å². The van der Waals surface area contributed by atoms with E-state index in [4.69, 9.17) is 0 Å². The van der Waals surface area contributed by atoms with Gasteiger partial charge >= 0.3 is 0 Å². The van der Waals surface area contributed by atoms with Crippen molar-refractivity contribution in [1.82, 2.24) is 0 Å². The smallest absolute Gasteiger partial charge is 0.140 e. The number of carbonyl (C=O) groups excluding carboxylic acids is 1. The van der Waals surface area contributed by atoms with Gasteiger partial charge in [-0.15, -0.1) is 0 Å². The van der Waals surface area contributed by atoms with Crippen LogP contribution in [0.3, 0.4) is 0 Å². The van der Waals surface area contributed by atoms with E-state index in [1.165, 1.54) is 11.1 Å². The first-order valence-corrected chi connectivity index (χ1v) is 5.43. The number of hydrogen-bond acceptors (Lipinski definition) is 1. The molecule has 0 spiro atoms. The molecule has 1 aliphatic carbocycles. The van der Waals surface area contributed by atoms with E-state index in [-0.39, 0.29) is 5.92 Å². The highest BCUT2D eigenvalue weighted by Gasteiger charge is 2.30. The standard InChI is InChI=1S/C13H16O/c1-2-3-8-13(14)12-9-10-6-4-5-7-11(10)12/h4-7,12H,2-3,8-9H2,1H3/t12-/m1/s1. The van der Waals surface area contributed by atoms with Crippen LogP contribution in [0.2, 0.25) is 0 Å². The molecule has 14 heavy (non-hydrogen) atoms. The molecule has 0 fully saturated rings. The van der Waals surface area contributed by atoms with E-state index in [1.54, 1.807) is 0 Å². The molecule has 74 valence electrons. The van der Waals surface area contributed by atoms with Gasteiger partial charge in [-0.3, -0.25) is 4.79 Å². The predicted octanol–water partition coefficient (Wildman–Crippen LogP) is 3.09. The van der Waals surface area contributed by atoms with E-state index in [0.717, 1.165) is 25.7 Å². The molecular formula is C13H16O. The van der Waals surface area contributed by atoms with Gasteiger partial charge in [-0.05, 0) is 24.0 Å². The lowest BCUT2D eigenvalue weighted by molar-refractivity contribution is -0.121. The van der Waals surface area contributed by atoms with Crippen molar-refractivity contribution in [3.05, 3.63) is 35.4 Å². The highest BCUT2D eigenvalue weighted by Crippen LogP contribution is 2.36. The zero-order chi connectivity index (χ0) is 9.97. The number of fused-ring (bicyclic) bond motifs is 1. The molecule has 0 N–H and O–H groups in total. The quantitative estimate of drug-likeness (QED) is 0.709. The Morgan fingerprint density at radius 3 is 2.93 bits per heavy atom. The lowest BCUT2D eigenvalue weighted by atomic mass is 9.74. The summed E-state index contributed by atoms with van der Waals surface area (Å²) < 4.78 is 0. The van der Waals surface area contributed by atoms with Crippen LogP contribution in [-0.2, 0) is 11.2 Å². The van der Waals surface area contributed by atoms with Gasteiger partial charge in [0.2, 0.25) is 0 Å². The Bertz CT molecular complexity index is 341. The van der Waals surface area contributed by atoms with E-state index < -0.39 is 0 Å². The Morgan fingerprint density at radius 2 is 2.21 bits per heavy atom. The van der Waals surface area contributed by atoms with Crippen molar-refractivity contribution in [2.24, 2.45) is 0 Å². The Morgan fingerprint density at radius 1 is 1.43 bits per heavy atom. The van der Waals surface area contributed by atoms with Gasteiger partial charge in [0.15, 0.2) is 0 Å². The molecule has 1 aromatic rings. The number of hydrogen-bond donors (Lipinski definition) is 0. The molecule has 1 heteroatoms. The summed E-state index contributed by atoms with van der Waals surface area (Å²) in [4.78, 5) is 11.7. The van der Waals surface area contributed by atoms with Crippen LogP contribution >= 0.6 is 0 Å². The zero-order valence-electron chi connectivity index (χ0n) is 8.62. The Hall–Kier alpha value is -1.11. The molecule has 0 saturated heterocycles. The average molecular weight is 188 g/mol. The molecule has 1 aromatic carbocycles. The van der Waals surface area contributed by atoms with E-state index in [0.29, 0.717) is 5.78 Å². The Labute approximate surface area is 85.1 Å². The molecule has 0 aromatic heterocycles. The molecule has 0 heterocycles. The highest BCUT2D eigenvalue weighted by molar-refractivity contribution is 5.88. The maximum absolute atomic E-state index is 11.7. The summed E-state index contributed by atoms with van der Waals surface area (Å²) >= 11 is 0. The van der Waals surface area contributed by atoms with Crippen molar-refractivity contribution in [2.45, 2.75) is 38.5 Å². The maximum Gasteiger partial charge on any atom is 0.140 e. The van der Waals surface area contributed by atoms with Crippen LogP contribution in [0.25, 0.3) is 0 Å². The van der Waals surface area contributed by atoms with Gasteiger partial charge in [-0.1, -0.05) is 37.6 Å². The first-order chi connectivity index (χ1) is 6.83. The SMILES string of the molecule is CCCCC(=O)[C@@H]1Cc2ccccc21. The molecule has 1 aliphatic rings. The molecule has 0 unspecified atom stereocenters. The van der Waals surface area contributed by atoms with Gasteiger partial charge in [0.25, 0.3) is 0 Å². The average Bonchev–Trinajstić information content (AvgIpc) is 2.17. The van der Waals surface area contributed by atoms with Crippen LogP contribution in [0.5, 0.6) is 0 Å². The van der Waals surface area contributed by atoms with Gasteiger partial charge in [-0.2, -0.15) is 0 Å². The second kappa shape index (κ2) is 3.95. The highest BCUT2D eigenvalue weighted by atomic mass is 16.1. The summed E-state index contributed by atoms with van der Waals surface area (Å²) in [6, 6.07) is 8.29. The maximum atomic E-state index is 11.7. The van der Waals surface area contributed by atoms with Crippen molar-refractivity contribution in [2.75, 3.05) is 0 Å². The summed E-state index contributed by atoms with van der Waals surface area (Å²) in [5.74, 6) is 0.656.